The van der Waals surface area contributed by atoms with Crippen molar-refractivity contribution in [2.45, 2.75) is 31.8 Å². The molecule has 0 saturated heterocycles. The van der Waals surface area contributed by atoms with Crippen LogP contribution in [0.2, 0.25) is 0 Å². The lowest BCUT2D eigenvalue weighted by Crippen LogP contribution is -2.31. The van der Waals surface area contributed by atoms with E-state index in [1.165, 1.54) is 0 Å². The Hall–Kier alpha value is -1.07. The summed E-state index contributed by atoms with van der Waals surface area (Å²) < 4.78 is 5.88. The van der Waals surface area contributed by atoms with Crippen molar-refractivity contribution in [3.05, 3.63) is 28.2 Å². The van der Waals surface area contributed by atoms with E-state index in [-0.39, 0.29) is 5.92 Å². The number of aliphatic hydroxyl groups excluding tert-OH is 1. The smallest absolute Gasteiger partial charge is 0.306 e. The van der Waals surface area contributed by atoms with Gasteiger partial charge in [0.25, 0.3) is 0 Å². The number of aliphatic hydroxyl groups is 1. The number of carbonyl (C=O) groups is 1. The molecule has 1 fully saturated rings. The van der Waals surface area contributed by atoms with Gasteiger partial charge in [-0.25, -0.2) is 0 Å². The molecule has 0 heterocycles. The number of ether oxygens (including phenoxy) is 1. The summed E-state index contributed by atoms with van der Waals surface area (Å²) in [6, 6.07) is 5.36. The van der Waals surface area contributed by atoms with Crippen LogP contribution in [0.3, 0.4) is 0 Å². The van der Waals surface area contributed by atoms with Crippen LogP contribution in [0, 0.1) is 11.8 Å². The zero-order valence-electron chi connectivity index (χ0n) is 11.4. The van der Waals surface area contributed by atoms with Crippen molar-refractivity contribution >= 4 is 21.9 Å². The van der Waals surface area contributed by atoms with E-state index in [0.29, 0.717) is 12.2 Å². The Balaban J connectivity index is 2.24. The summed E-state index contributed by atoms with van der Waals surface area (Å²) >= 11 is 3.42. The normalized spacial score (nSPS) is 24.1. The van der Waals surface area contributed by atoms with Gasteiger partial charge in [0.1, 0.15) is 5.75 Å². The van der Waals surface area contributed by atoms with Gasteiger partial charge in [0.05, 0.1) is 19.1 Å². The first kappa shape index (κ1) is 15.3. The molecule has 0 aliphatic heterocycles. The number of rotatable bonds is 4. The number of halogens is 1. The summed E-state index contributed by atoms with van der Waals surface area (Å²) in [6.07, 6.45) is 2.52. The third-order valence-corrected chi connectivity index (χ3v) is 4.76. The zero-order chi connectivity index (χ0) is 14.7. The standard InChI is InChI=1S/C15H19BrO4/c1-20-9-6-7-12(13(16)8-9)14(17)10-4-2-3-5-11(10)15(18)19/h6-8,10-11,14,17H,2-5H2,1H3,(H,18,19). The fourth-order valence-corrected chi connectivity index (χ4v) is 3.54. The SMILES string of the molecule is COc1ccc(C(O)C2CCCCC2C(=O)O)c(Br)c1. The van der Waals surface area contributed by atoms with Crippen molar-refractivity contribution < 1.29 is 19.7 Å². The Morgan fingerprint density at radius 1 is 1.40 bits per heavy atom. The number of carboxylic acid groups (broad SMARTS) is 1. The van der Waals surface area contributed by atoms with Crippen molar-refractivity contribution in [2.24, 2.45) is 11.8 Å². The lowest BCUT2D eigenvalue weighted by molar-refractivity contribution is -0.147. The highest BCUT2D eigenvalue weighted by molar-refractivity contribution is 9.10. The van der Waals surface area contributed by atoms with Crippen molar-refractivity contribution in [3.8, 4) is 5.75 Å². The summed E-state index contributed by atoms with van der Waals surface area (Å²) in [5.74, 6) is -0.802. The van der Waals surface area contributed by atoms with E-state index >= 15 is 0 Å². The van der Waals surface area contributed by atoms with Gasteiger partial charge in [-0.1, -0.05) is 34.8 Å². The summed E-state index contributed by atoms with van der Waals surface area (Å²) in [5.41, 5.74) is 0.726. The maximum absolute atomic E-state index is 11.3. The highest BCUT2D eigenvalue weighted by atomic mass is 79.9. The first-order valence-electron chi connectivity index (χ1n) is 6.79. The first-order chi connectivity index (χ1) is 9.54. The first-order valence-corrected chi connectivity index (χ1v) is 7.58. The van der Waals surface area contributed by atoms with E-state index in [1.807, 2.05) is 0 Å². The maximum atomic E-state index is 11.3. The molecule has 1 aromatic rings. The Morgan fingerprint density at radius 3 is 2.70 bits per heavy atom. The van der Waals surface area contributed by atoms with E-state index in [2.05, 4.69) is 15.9 Å². The van der Waals surface area contributed by atoms with E-state index in [4.69, 9.17) is 4.74 Å². The number of hydrogen-bond acceptors (Lipinski definition) is 3. The molecule has 3 atom stereocenters. The summed E-state index contributed by atoms with van der Waals surface area (Å²) in [7, 11) is 1.58. The minimum absolute atomic E-state index is 0.231. The Morgan fingerprint density at radius 2 is 2.10 bits per heavy atom. The highest BCUT2D eigenvalue weighted by Gasteiger charge is 2.36. The molecule has 1 aliphatic carbocycles. The van der Waals surface area contributed by atoms with Crippen LogP contribution in [-0.4, -0.2) is 23.3 Å². The van der Waals surface area contributed by atoms with Crippen molar-refractivity contribution in [1.82, 2.24) is 0 Å². The van der Waals surface area contributed by atoms with E-state index in [1.54, 1.807) is 25.3 Å². The summed E-state index contributed by atoms with van der Waals surface area (Å²) in [6.45, 7) is 0. The van der Waals surface area contributed by atoms with E-state index in [9.17, 15) is 15.0 Å². The van der Waals surface area contributed by atoms with Crippen LogP contribution in [-0.2, 0) is 4.79 Å². The molecule has 20 heavy (non-hydrogen) atoms. The molecule has 1 saturated carbocycles. The maximum Gasteiger partial charge on any atom is 0.306 e. The molecule has 0 bridgehead atoms. The second-order valence-electron chi connectivity index (χ2n) is 5.23. The molecule has 0 radical (unpaired) electrons. The van der Waals surface area contributed by atoms with Gasteiger partial charge in [-0.3, -0.25) is 4.79 Å². The Kier molecular flexibility index (Phi) is 5.05. The molecular formula is C15H19BrO4. The van der Waals surface area contributed by atoms with Crippen LogP contribution < -0.4 is 4.74 Å². The average molecular weight is 343 g/mol. The topological polar surface area (TPSA) is 66.8 Å². The van der Waals surface area contributed by atoms with Crippen LogP contribution in [0.1, 0.15) is 37.4 Å². The number of hydrogen-bond donors (Lipinski definition) is 2. The highest BCUT2D eigenvalue weighted by Crippen LogP contribution is 2.41. The molecule has 2 rings (SSSR count). The quantitative estimate of drug-likeness (QED) is 0.880. The van der Waals surface area contributed by atoms with Crippen LogP contribution in [0.4, 0.5) is 0 Å². The van der Waals surface area contributed by atoms with E-state index < -0.39 is 18.0 Å². The second-order valence-corrected chi connectivity index (χ2v) is 6.08. The van der Waals surface area contributed by atoms with Crippen LogP contribution in [0.15, 0.2) is 22.7 Å². The fourth-order valence-electron chi connectivity index (χ4n) is 2.95. The minimum atomic E-state index is -0.807. The number of benzene rings is 1. The van der Waals surface area contributed by atoms with E-state index in [0.717, 1.165) is 29.3 Å². The van der Waals surface area contributed by atoms with Crippen molar-refractivity contribution in [2.75, 3.05) is 7.11 Å². The Bertz CT molecular complexity index is 489. The fraction of sp³-hybridized carbons (Fsp3) is 0.533. The minimum Gasteiger partial charge on any atom is -0.497 e. The number of carboxylic acids is 1. The van der Waals surface area contributed by atoms with Crippen molar-refractivity contribution in [3.63, 3.8) is 0 Å². The largest absolute Gasteiger partial charge is 0.497 e. The molecule has 1 aromatic carbocycles. The molecular weight excluding hydrogens is 324 g/mol. The van der Waals surface area contributed by atoms with Gasteiger partial charge in [-0.15, -0.1) is 0 Å². The summed E-state index contributed by atoms with van der Waals surface area (Å²) in [5, 5.41) is 19.9. The third-order valence-electron chi connectivity index (χ3n) is 4.07. The average Bonchev–Trinajstić information content (AvgIpc) is 2.46. The molecule has 4 nitrogen and oxygen atoms in total. The van der Waals surface area contributed by atoms with Gasteiger partial charge < -0.3 is 14.9 Å². The Labute approximate surface area is 126 Å². The molecule has 3 unspecified atom stereocenters. The van der Waals surface area contributed by atoms with Gasteiger partial charge in [-0.05, 0) is 30.5 Å². The van der Waals surface area contributed by atoms with Crippen molar-refractivity contribution in [1.29, 1.82) is 0 Å². The monoisotopic (exact) mass is 342 g/mol. The molecule has 0 spiro atoms. The van der Waals surface area contributed by atoms with Gasteiger partial charge in [-0.2, -0.15) is 0 Å². The van der Waals surface area contributed by atoms with Crippen LogP contribution >= 0.6 is 15.9 Å². The molecule has 110 valence electrons. The van der Waals surface area contributed by atoms with Crippen LogP contribution in [0.25, 0.3) is 0 Å². The lowest BCUT2D eigenvalue weighted by atomic mass is 9.74. The number of aliphatic carboxylic acids is 1. The zero-order valence-corrected chi connectivity index (χ0v) is 13.0. The molecule has 0 aromatic heterocycles. The lowest BCUT2D eigenvalue weighted by Gasteiger charge is -2.32. The van der Waals surface area contributed by atoms with Gasteiger partial charge >= 0.3 is 5.97 Å². The third kappa shape index (κ3) is 3.15. The number of methoxy groups -OCH3 is 1. The van der Waals surface area contributed by atoms with Gasteiger partial charge in [0.2, 0.25) is 0 Å². The summed E-state index contributed by atoms with van der Waals surface area (Å²) in [4.78, 5) is 11.3. The molecule has 2 N–H and O–H groups in total. The predicted octanol–water partition coefficient (Wildman–Crippen LogP) is 3.38. The molecule has 1 aliphatic rings. The van der Waals surface area contributed by atoms with Crippen LogP contribution in [0.5, 0.6) is 5.75 Å². The second kappa shape index (κ2) is 6.59. The molecule has 5 heteroatoms. The van der Waals surface area contributed by atoms with Gasteiger partial charge in [0.15, 0.2) is 0 Å². The predicted molar refractivity (Wildman–Crippen MR) is 78.7 cm³/mol. The molecule has 0 amide bonds. The van der Waals surface area contributed by atoms with Gasteiger partial charge in [0, 0.05) is 10.4 Å².